The fraction of sp³-hybridized carbons (Fsp3) is 0.929. The normalized spacial score (nSPS) is 30.3. The highest BCUT2D eigenvalue weighted by Gasteiger charge is 2.33. The van der Waals surface area contributed by atoms with E-state index in [2.05, 4.69) is 13.8 Å². The van der Waals surface area contributed by atoms with Crippen molar-refractivity contribution >= 4 is 16.1 Å². The van der Waals surface area contributed by atoms with Gasteiger partial charge in [0.2, 0.25) is 5.91 Å². The van der Waals surface area contributed by atoms with Crippen LogP contribution in [0.2, 0.25) is 0 Å². The van der Waals surface area contributed by atoms with Crippen LogP contribution in [0.4, 0.5) is 0 Å². The van der Waals surface area contributed by atoms with Gasteiger partial charge in [-0.25, -0.2) is 5.14 Å². The molecule has 2 aliphatic heterocycles. The van der Waals surface area contributed by atoms with Crippen molar-refractivity contribution in [2.24, 2.45) is 17.0 Å². The number of piperazine rings is 1. The number of hydrogen-bond donors (Lipinski definition) is 1. The lowest BCUT2D eigenvalue weighted by Gasteiger charge is -2.40. The molecule has 3 unspecified atom stereocenters. The van der Waals surface area contributed by atoms with Crippen molar-refractivity contribution < 1.29 is 13.2 Å². The lowest BCUT2D eigenvalue weighted by molar-refractivity contribution is -0.139. The van der Waals surface area contributed by atoms with Crippen LogP contribution in [-0.2, 0) is 15.0 Å². The molecular weight excluding hydrogens is 304 g/mol. The summed E-state index contributed by atoms with van der Waals surface area (Å²) in [6.07, 6.45) is 1.17. The van der Waals surface area contributed by atoms with Gasteiger partial charge in [0.1, 0.15) is 0 Å². The molecule has 0 aliphatic carbocycles. The maximum absolute atomic E-state index is 12.7. The number of hydrogen-bond acceptors (Lipinski definition) is 4. The van der Waals surface area contributed by atoms with Crippen LogP contribution in [0.25, 0.3) is 0 Å². The average Bonchev–Trinajstić information content (AvgIpc) is 2.44. The molecule has 0 aromatic carbocycles. The average molecular weight is 332 g/mol. The van der Waals surface area contributed by atoms with Crippen LogP contribution < -0.4 is 5.14 Å². The summed E-state index contributed by atoms with van der Waals surface area (Å²) in [6.45, 7) is 9.72. The van der Waals surface area contributed by atoms with E-state index in [-0.39, 0.29) is 11.9 Å². The van der Waals surface area contributed by atoms with Gasteiger partial charge in [-0.1, -0.05) is 13.8 Å². The van der Waals surface area contributed by atoms with Crippen LogP contribution in [0.1, 0.15) is 27.2 Å². The number of carbonyl (C=O) groups excluding carboxylic acids is 1. The van der Waals surface area contributed by atoms with Gasteiger partial charge in [-0.05, 0) is 25.2 Å². The second kappa shape index (κ2) is 6.82. The predicted molar refractivity (Wildman–Crippen MR) is 85.2 cm³/mol. The zero-order valence-electron chi connectivity index (χ0n) is 13.7. The summed E-state index contributed by atoms with van der Waals surface area (Å²) < 4.78 is 23.9. The summed E-state index contributed by atoms with van der Waals surface area (Å²) in [5.41, 5.74) is 0. The number of nitrogens with two attached hydrogens (primary N) is 1. The minimum absolute atomic E-state index is 0.155. The first-order valence-electron chi connectivity index (χ1n) is 7.99. The molecular formula is C14H28N4O3S. The molecule has 128 valence electrons. The van der Waals surface area contributed by atoms with Crippen molar-refractivity contribution in [1.29, 1.82) is 0 Å². The molecule has 2 heterocycles. The van der Waals surface area contributed by atoms with Gasteiger partial charge in [-0.15, -0.1) is 0 Å². The molecule has 0 aromatic heterocycles. The highest BCUT2D eigenvalue weighted by Crippen LogP contribution is 2.22. The molecule has 0 spiro atoms. The Morgan fingerprint density at radius 1 is 1.09 bits per heavy atom. The lowest BCUT2D eigenvalue weighted by atomic mass is 9.91. The van der Waals surface area contributed by atoms with Crippen molar-refractivity contribution in [2.45, 2.75) is 33.2 Å². The largest absolute Gasteiger partial charge is 0.341 e. The molecule has 2 fully saturated rings. The fourth-order valence-corrected chi connectivity index (χ4v) is 4.28. The Hall–Kier alpha value is -0.700. The van der Waals surface area contributed by atoms with Gasteiger partial charge >= 0.3 is 0 Å². The van der Waals surface area contributed by atoms with E-state index in [1.54, 1.807) is 0 Å². The zero-order chi connectivity index (χ0) is 16.5. The van der Waals surface area contributed by atoms with E-state index in [1.807, 2.05) is 16.7 Å². The number of carbonyl (C=O) groups is 1. The Labute approximate surface area is 133 Å². The Balaban J connectivity index is 1.92. The molecule has 2 aliphatic rings. The van der Waals surface area contributed by atoms with Crippen LogP contribution in [-0.4, -0.2) is 73.7 Å². The summed E-state index contributed by atoms with van der Waals surface area (Å²) in [6, 6.07) is -0.208. The quantitative estimate of drug-likeness (QED) is 0.769. The van der Waals surface area contributed by atoms with Gasteiger partial charge in [-0.2, -0.15) is 12.7 Å². The van der Waals surface area contributed by atoms with E-state index in [9.17, 15) is 13.2 Å². The lowest BCUT2D eigenvalue weighted by Crippen LogP contribution is -2.57. The van der Waals surface area contributed by atoms with E-state index in [1.165, 1.54) is 10.7 Å². The summed E-state index contributed by atoms with van der Waals surface area (Å²) in [4.78, 5) is 16.7. The van der Waals surface area contributed by atoms with Crippen molar-refractivity contribution in [1.82, 2.24) is 14.1 Å². The minimum Gasteiger partial charge on any atom is -0.341 e. The molecule has 2 saturated heterocycles. The van der Waals surface area contributed by atoms with E-state index in [0.717, 1.165) is 13.1 Å². The third kappa shape index (κ3) is 4.18. The molecule has 2 N–H and O–H groups in total. The van der Waals surface area contributed by atoms with Gasteiger partial charge in [0, 0.05) is 39.3 Å². The molecule has 8 heteroatoms. The molecule has 2 rings (SSSR count). The number of likely N-dealkylation sites (tertiary alicyclic amines) is 1. The highest BCUT2D eigenvalue weighted by molar-refractivity contribution is 7.86. The van der Waals surface area contributed by atoms with Gasteiger partial charge in [0.15, 0.2) is 0 Å². The van der Waals surface area contributed by atoms with Crippen LogP contribution in [0.3, 0.4) is 0 Å². The smallest absolute Gasteiger partial charge is 0.276 e. The number of piperidine rings is 1. The van der Waals surface area contributed by atoms with E-state index in [4.69, 9.17) is 5.14 Å². The topological polar surface area (TPSA) is 86.9 Å². The maximum Gasteiger partial charge on any atom is 0.276 e. The van der Waals surface area contributed by atoms with Gasteiger partial charge in [0.05, 0.1) is 6.04 Å². The van der Waals surface area contributed by atoms with Crippen LogP contribution in [0.5, 0.6) is 0 Å². The first-order chi connectivity index (χ1) is 10.2. The summed E-state index contributed by atoms with van der Waals surface area (Å²) in [5, 5.41) is 5.14. The fourth-order valence-electron chi connectivity index (χ4n) is 3.61. The second-order valence-corrected chi connectivity index (χ2v) is 8.39. The number of nitrogens with zero attached hydrogens (tertiary/aromatic N) is 3. The van der Waals surface area contributed by atoms with Crippen LogP contribution in [0, 0.1) is 11.8 Å². The Morgan fingerprint density at radius 3 is 2.05 bits per heavy atom. The predicted octanol–water partition coefficient (Wildman–Crippen LogP) is -0.299. The maximum atomic E-state index is 12.7. The standard InChI is InChI=1S/C14H28N4O3S/c1-11-8-12(2)10-17(9-11)14(19)13(3)16-4-6-18(7-5-16)22(15,20)21/h11-13H,4-10H2,1-3H3,(H2,15,20,21). The minimum atomic E-state index is -3.62. The highest BCUT2D eigenvalue weighted by atomic mass is 32.2. The SMILES string of the molecule is CC1CC(C)CN(C(=O)C(C)N2CCN(S(N)(=O)=O)CC2)C1. The van der Waals surface area contributed by atoms with E-state index in [0.29, 0.717) is 38.0 Å². The monoisotopic (exact) mass is 332 g/mol. The molecule has 3 atom stereocenters. The summed E-state index contributed by atoms with van der Waals surface area (Å²) in [7, 11) is -3.62. The Kier molecular flexibility index (Phi) is 5.47. The zero-order valence-corrected chi connectivity index (χ0v) is 14.6. The van der Waals surface area contributed by atoms with E-state index >= 15 is 0 Å². The first-order valence-corrected chi connectivity index (χ1v) is 9.49. The van der Waals surface area contributed by atoms with E-state index < -0.39 is 10.2 Å². The van der Waals surface area contributed by atoms with Gasteiger partial charge < -0.3 is 4.90 Å². The van der Waals surface area contributed by atoms with Gasteiger partial charge in [-0.3, -0.25) is 9.69 Å². The number of amides is 1. The number of rotatable bonds is 3. The molecule has 1 amide bonds. The molecule has 0 saturated carbocycles. The van der Waals surface area contributed by atoms with Crippen molar-refractivity contribution in [3.8, 4) is 0 Å². The Morgan fingerprint density at radius 2 is 1.59 bits per heavy atom. The first kappa shape index (κ1) is 17.7. The van der Waals surface area contributed by atoms with Crippen molar-refractivity contribution in [2.75, 3.05) is 39.3 Å². The molecule has 0 bridgehead atoms. The van der Waals surface area contributed by atoms with Crippen molar-refractivity contribution in [3.63, 3.8) is 0 Å². The molecule has 7 nitrogen and oxygen atoms in total. The van der Waals surface area contributed by atoms with Crippen molar-refractivity contribution in [3.05, 3.63) is 0 Å². The molecule has 0 aromatic rings. The van der Waals surface area contributed by atoms with Crippen LogP contribution in [0.15, 0.2) is 0 Å². The second-order valence-electron chi connectivity index (χ2n) is 6.85. The third-order valence-corrected chi connectivity index (χ3v) is 5.80. The third-order valence-electron chi connectivity index (χ3n) is 4.72. The Bertz CT molecular complexity index is 492. The molecule has 0 radical (unpaired) electrons. The van der Waals surface area contributed by atoms with Crippen LogP contribution >= 0.6 is 0 Å². The summed E-state index contributed by atoms with van der Waals surface area (Å²) in [5.74, 6) is 1.24. The van der Waals surface area contributed by atoms with Gasteiger partial charge in [0.25, 0.3) is 10.2 Å². The molecule has 22 heavy (non-hydrogen) atoms. The summed E-state index contributed by atoms with van der Waals surface area (Å²) >= 11 is 0.